The van der Waals surface area contributed by atoms with Crippen LogP contribution in [0.2, 0.25) is 5.02 Å². The molecule has 1 aromatic carbocycles. The van der Waals surface area contributed by atoms with Crippen molar-refractivity contribution >= 4 is 17.9 Å². The molecule has 0 N–H and O–H groups in total. The fraction of sp³-hybridized carbons (Fsp3) is 0.438. The summed E-state index contributed by atoms with van der Waals surface area (Å²) in [6.45, 7) is 2.01. The Bertz CT molecular complexity index is 660. The second kappa shape index (κ2) is 5.98. The smallest absolute Gasteiger partial charge is 0.172 e. The van der Waals surface area contributed by atoms with Crippen molar-refractivity contribution in [3.63, 3.8) is 0 Å². The molecular weight excluding hydrogens is 286 g/mol. The fourth-order valence-corrected chi connectivity index (χ4v) is 3.30. The van der Waals surface area contributed by atoms with Gasteiger partial charge in [-0.05, 0) is 37.5 Å². The van der Waals surface area contributed by atoms with Crippen molar-refractivity contribution in [3.05, 3.63) is 40.2 Å². The molecule has 0 spiro atoms. The molecule has 3 rings (SSSR count). The lowest BCUT2D eigenvalue weighted by Crippen LogP contribution is -2.13. The number of hydrogen-bond acceptors (Lipinski definition) is 3. The van der Waals surface area contributed by atoms with E-state index in [2.05, 4.69) is 10.3 Å². The predicted octanol–water partition coefficient (Wildman–Crippen LogP) is 4.09. The maximum Gasteiger partial charge on any atom is 0.172 e. The second-order valence-corrected chi connectivity index (χ2v) is 6.09. The highest BCUT2D eigenvalue weighted by molar-refractivity contribution is 6.30. The number of hydrogen-bond donors (Lipinski definition) is 0. The van der Waals surface area contributed by atoms with Crippen LogP contribution < -0.4 is 0 Å². The van der Waals surface area contributed by atoms with Crippen molar-refractivity contribution in [3.8, 4) is 5.69 Å². The van der Waals surface area contributed by atoms with Crippen LogP contribution in [0, 0.1) is 6.92 Å². The Labute approximate surface area is 129 Å². The Morgan fingerprint density at radius 2 is 2.05 bits per heavy atom. The zero-order valence-corrected chi connectivity index (χ0v) is 12.8. The summed E-state index contributed by atoms with van der Waals surface area (Å²) < 4.78 is 1.81. The van der Waals surface area contributed by atoms with E-state index in [1.54, 1.807) is 4.68 Å². The number of aromatic nitrogens is 3. The molecule has 0 aliphatic heterocycles. The molecule has 0 amide bonds. The summed E-state index contributed by atoms with van der Waals surface area (Å²) in [6, 6.07) is 5.70. The fourth-order valence-electron chi connectivity index (χ4n) is 3.13. The first-order chi connectivity index (χ1) is 10.2. The van der Waals surface area contributed by atoms with Gasteiger partial charge in [0.2, 0.25) is 0 Å². The third-order valence-corrected chi connectivity index (χ3v) is 4.47. The van der Waals surface area contributed by atoms with Crippen LogP contribution in [0.3, 0.4) is 0 Å². The molecule has 21 heavy (non-hydrogen) atoms. The molecule has 0 radical (unpaired) electrons. The lowest BCUT2D eigenvalue weighted by atomic mass is 9.86. The summed E-state index contributed by atoms with van der Waals surface area (Å²) >= 11 is 6.11. The van der Waals surface area contributed by atoms with Crippen molar-refractivity contribution in [1.29, 1.82) is 0 Å². The van der Waals surface area contributed by atoms with Crippen molar-refractivity contribution in [2.24, 2.45) is 0 Å². The minimum Gasteiger partial charge on any atom is -0.296 e. The number of halogens is 1. The number of carbonyl (C=O) groups excluding carboxylic acids is 1. The molecule has 5 heteroatoms. The summed E-state index contributed by atoms with van der Waals surface area (Å²) in [4.78, 5) is 11.3. The number of carbonyl (C=O) groups is 1. The quantitative estimate of drug-likeness (QED) is 0.802. The molecular formula is C16H18ClN3O. The molecule has 1 aliphatic rings. The summed E-state index contributed by atoms with van der Waals surface area (Å²) in [5.74, 6) is 0.354. The van der Waals surface area contributed by atoms with Crippen LogP contribution in [0.15, 0.2) is 18.2 Å². The normalized spacial score (nSPS) is 16.1. The zero-order valence-electron chi connectivity index (χ0n) is 12.1. The van der Waals surface area contributed by atoms with Crippen LogP contribution in [0.4, 0.5) is 0 Å². The van der Waals surface area contributed by atoms with Crippen LogP contribution in [-0.4, -0.2) is 21.3 Å². The average Bonchev–Trinajstić information content (AvgIpc) is 2.94. The zero-order chi connectivity index (χ0) is 14.8. The Hall–Kier alpha value is -1.68. The first kappa shape index (κ1) is 14.3. The van der Waals surface area contributed by atoms with Gasteiger partial charge >= 0.3 is 0 Å². The molecule has 0 bridgehead atoms. The molecule has 1 aliphatic carbocycles. The van der Waals surface area contributed by atoms with Gasteiger partial charge in [-0.3, -0.25) is 4.79 Å². The average molecular weight is 304 g/mol. The van der Waals surface area contributed by atoms with E-state index in [4.69, 9.17) is 11.6 Å². The molecule has 1 aromatic heterocycles. The van der Waals surface area contributed by atoms with E-state index < -0.39 is 0 Å². The van der Waals surface area contributed by atoms with Crippen LogP contribution in [0.1, 0.15) is 59.8 Å². The predicted molar refractivity (Wildman–Crippen MR) is 82.3 cm³/mol. The van der Waals surface area contributed by atoms with Gasteiger partial charge in [-0.2, -0.15) is 0 Å². The Morgan fingerprint density at radius 3 is 2.76 bits per heavy atom. The van der Waals surface area contributed by atoms with Gasteiger partial charge in [0.15, 0.2) is 6.29 Å². The largest absolute Gasteiger partial charge is 0.296 e. The summed E-state index contributed by atoms with van der Waals surface area (Å²) in [5, 5.41) is 8.93. The Morgan fingerprint density at radius 1 is 1.29 bits per heavy atom. The second-order valence-electron chi connectivity index (χ2n) is 5.66. The number of aldehydes is 1. The van der Waals surface area contributed by atoms with E-state index in [0.717, 1.165) is 36.1 Å². The first-order valence-electron chi connectivity index (χ1n) is 7.38. The standard InChI is InChI=1S/C16H18ClN3O/c1-11-7-8-13(17)9-15(11)20-16(14(10-21)18-19-20)12-5-3-2-4-6-12/h7-10,12H,2-6H2,1H3. The number of nitrogens with zero attached hydrogens (tertiary/aromatic N) is 3. The van der Waals surface area contributed by atoms with Gasteiger partial charge in [0, 0.05) is 10.9 Å². The minimum atomic E-state index is 0.354. The maximum atomic E-state index is 11.3. The molecule has 4 nitrogen and oxygen atoms in total. The van der Waals surface area contributed by atoms with Gasteiger partial charge in [-0.25, -0.2) is 4.68 Å². The third-order valence-electron chi connectivity index (χ3n) is 4.24. The van der Waals surface area contributed by atoms with Gasteiger partial charge in [-0.15, -0.1) is 5.10 Å². The van der Waals surface area contributed by atoms with Gasteiger partial charge in [0.25, 0.3) is 0 Å². The van der Waals surface area contributed by atoms with Gasteiger partial charge in [-0.1, -0.05) is 42.1 Å². The lowest BCUT2D eigenvalue weighted by Gasteiger charge is -2.23. The van der Waals surface area contributed by atoms with Crippen molar-refractivity contribution in [1.82, 2.24) is 15.0 Å². The number of rotatable bonds is 3. The van der Waals surface area contributed by atoms with Gasteiger partial charge in [0.05, 0.1) is 11.4 Å². The Kier molecular flexibility index (Phi) is 4.06. The first-order valence-corrected chi connectivity index (χ1v) is 7.76. The SMILES string of the molecule is Cc1ccc(Cl)cc1-n1nnc(C=O)c1C1CCCCC1. The maximum absolute atomic E-state index is 11.3. The highest BCUT2D eigenvalue weighted by atomic mass is 35.5. The number of benzene rings is 1. The van der Waals surface area contributed by atoms with Crippen molar-refractivity contribution in [2.75, 3.05) is 0 Å². The highest BCUT2D eigenvalue weighted by Crippen LogP contribution is 2.35. The lowest BCUT2D eigenvalue weighted by molar-refractivity contribution is 0.111. The van der Waals surface area contributed by atoms with Crippen LogP contribution in [0.25, 0.3) is 5.69 Å². The Balaban J connectivity index is 2.12. The van der Waals surface area contributed by atoms with E-state index in [1.807, 2.05) is 25.1 Å². The summed E-state index contributed by atoms with van der Waals surface area (Å²) in [6.07, 6.45) is 6.66. The third kappa shape index (κ3) is 2.72. The van der Waals surface area contributed by atoms with E-state index in [1.165, 1.54) is 19.3 Å². The molecule has 110 valence electrons. The molecule has 1 fully saturated rings. The van der Waals surface area contributed by atoms with E-state index in [-0.39, 0.29) is 0 Å². The summed E-state index contributed by atoms with van der Waals surface area (Å²) in [7, 11) is 0. The molecule has 2 aromatic rings. The van der Waals surface area contributed by atoms with Crippen LogP contribution in [-0.2, 0) is 0 Å². The highest BCUT2D eigenvalue weighted by Gasteiger charge is 2.25. The van der Waals surface area contributed by atoms with Gasteiger partial charge < -0.3 is 0 Å². The van der Waals surface area contributed by atoms with E-state index in [0.29, 0.717) is 16.6 Å². The topological polar surface area (TPSA) is 47.8 Å². The van der Waals surface area contributed by atoms with E-state index in [9.17, 15) is 4.79 Å². The van der Waals surface area contributed by atoms with E-state index >= 15 is 0 Å². The number of aryl methyl sites for hydroxylation is 1. The van der Waals surface area contributed by atoms with Crippen LogP contribution >= 0.6 is 11.6 Å². The molecule has 0 saturated heterocycles. The van der Waals surface area contributed by atoms with Crippen molar-refractivity contribution in [2.45, 2.75) is 44.9 Å². The van der Waals surface area contributed by atoms with Crippen molar-refractivity contribution < 1.29 is 4.79 Å². The molecule has 0 atom stereocenters. The molecule has 1 heterocycles. The van der Waals surface area contributed by atoms with Crippen LogP contribution in [0.5, 0.6) is 0 Å². The monoisotopic (exact) mass is 303 g/mol. The van der Waals surface area contributed by atoms with Gasteiger partial charge in [0.1, 0.15) is 5.69 Å². The molecule has 0 unspecified atom stereocenters. The molecule has 1 saturated carbocycles. The summed E-state index contributed by atoms with van der Waals surface area (Å²) in [5.41, 5.74) is 3.37. The minimum absolute atomic E-state index is 0.354.